The summed E-state index contributed by atoms with van der Waals surface area (Å²) in [6.07, 6.45) is 3.55. The third-order valence-corrected chi connectivity index (χ3v) is 5.51. The molecule has 27 heavy (non-hydrogen) atoms. The summed E-state index contributed by atoms with van der Waals surface area (Å²) in [4.78, 5) is 28.4. The predicted molar refractivity (Wildman–Crippen MR) is 109 cm³/mol. The Balaban J connectivity index is 1.56. The van der Waals surface area contributed by atoms with Gasteiger partial charge in [-0.2, -0.15) is 0 Å². The number of Topliss-reactive ketones (excluding diaryl/α,β-unsaturated/α-hetero) is 2. The molecule has 0 bridgehead atoms. The Morgan fingerprint density at radius 1 is 0.704 bits per heavy atom. The zero-order valence-electron chi connectivity index (χ0n) is 14.0. The Kier molecular flexibility index (Phi) is 6.33. The van der Waals surface area contributed by atoms with Crippen molar-refractivity contribution in [1.82, 2.24) is 9.80 Å². The summed E-state index contributed by atoms with van der Waals surface area (Å²) in [6.45, 7) is 0.776. The largest absolute Gasteiger partial charge is 0.351 e. The zero-order valence-corrected chi connectivity index (χ0v) is 17.0. The first-order valence-electron chi connectivity index (χ1n) is 7.96. The summed E-state index contributed by atoms with van der Waals surface area (Å²) in [5.41, 5.74) is 0.978. The molecule has 0 fully saturated rings. The molecule has 2 aromatic carbocycles. The second-order valence-electron chi connectivity index (χ2n) is 6.04. The van der Waals surface area contributed by atoms with Gasteiger partial charge in [-0.05, 0) is 36.4 Å². The third kappa shape index (κ3) is 4.96. The number of ketones is 2. The van der Waals surface area contributed by atoms with E-state index >= 15 is 0 Å². The fraction of sp³-hybridized carbons (Fsp3) is 0.158. The number of carbonyl (C=O) groups excluding carboxylic acids is 2. The average molecular weight is 444 g/mol. The molecular formula is C19H14Cl4N2O2. The number of benzene rings is 2. The molecule has 0 aliphatic carbocycles. The van der Waals surface area contributed by atoms with Crippen LogP contribution in [0.5, 0.6) is 0 Å². The first-order chi connectivity index (χ1) is 12.8. The van der Waals surface area contributed by atoms with Gasteiger partial charge in [-0.3, -0.25) is 9.59 Å². The quantitative estimate of drug-likeness (QED) is 0.559. The summed E-state index contributed by atoms with van der Waals surface area (Å²) in [7, 11) is 0. The second kappa shape index (κ2) is 8.53. The van der Waals surface area contributed by atoms with Crippen LogP contribution in [0, 0.1) is 0 Å². The minimum absolute atomic E-state index is 0.0872. The van der Waals surface area contributed by atoms with E-state index in [1.807, 2.05) is 9.80 Å². The lowest BCUT2D eigenvalue weighted by molar-refractivity contribution is 0.0921. The van der Waals surface area contributed by atoms with Crippen molar-refractivity contribution in [1.29, 1.82) is 0 Å². The van der Waals surface area contributed by atoms with Gasteiger partial charge in [0.05, 0.1) is 39.8 Å². The summed E-state index contributed by atoms with van der Waals surface area (Å²) in [5, 5.41) is 1.49. The van der Waals surface area contributed by atoms with Crippen LogP contribution in [-0.4, -0.2) is 41.1 Å². The molecule has 1 aliphatic heterocycles. The van der Waals surface area contributed by atoms with Crippen LogP contribution in [0.3, 0.4) is 0 Å². The van der Waals surface area contributed by atoms with Crippen LogP contribution in [0.2, 0.25) is 20.1 Å². The molecule has 0 spiro atoms. The Labute approximate surface area is 176 Å². The number of rotatable bonds is 6. The summed E-state index contributed by atoms with van der Waals surface area (Å²) in [6, 6.07) is 9.58. The molecule has 0 aromatic heterocycles. The number of hydrogen-bond donors (Lipinski definition) is 0. The van der Waals surface area contributed by atoms with Crippen molar-refractivity contribution in [3.8, 4) is 0 Å². The summed E-state index contributed by atoms with van der Waals surface area (Å²) >= 11 is 23.7. The molecule has 4 nitrogen and oxygen atoms in total. The van der Waals surface area contributed by atoms with Crippen LogP contribution >= 0.6 is 46.4 Å². The molecule has 140 valence electrons. The lowest BCUT2D eigenvalue weighted by atomic mass is 10.1. The van der Waals surface area contributed by atoms with Crippen LogP contribution < -0.4 is 0 Å². The van der Waals surface area contributed by atoms with Gasteiger partial charge in [0.2, 0.25) is 0 Å². The van der Waals surface area contributed by atoms with Crippen LogP contribution in [0.1, 0.15) is 20.7 Å². The molecular weight excluding hydrogens is 430 g/mol. The highest BCUT2D eigenvalue weighted by Gasteiger charge is 2.19. The van der Waals surface area contributed by atoms with E-state index in [9.17, 15) is 9.59 Å². The van der Waals surface area contributed by atoms with E-state index in [2.05, 4.69) is 0 Å². The lowest BCUT2D eigenvalue weighted by Gasteiger charge is -2.20. The molecule has 1 aliphatic rings. The van der Waals surface area contributed by atoms with E-state index in [1.165, 1.54) is 0 Å². The van der Waals surface area contributed by atoms with Crippen molar-refractivity contribution < 1.29 is 9.59 Å². The Bertz CT molecular complexity index is 856. The zero-order chi connectivity index (χ0) is 19.6. The first kappa shape index (κ1) is 20.0. The predicted octanol–water partition coefficient (Wildman–Crippen LogP) is 5.41. The molecule has 3 rings (SSSR count). The highest BCUT2D eigenvalue weighted by Crippen LogP contribution is 2.24. The minimum Gasteiger partial charge on any atom is -0.351 e. The van der Waals surface area contributed by atoms with E-state index in [0.29, 0.717) is 37.9 Å². The average Bonchev–Trinajstić information content (AvgIpc) is 3.06. The number of halogens is 4. The lowest BCUT2D eigenvalue weighted by Crippen LogP contribution is -2.32. The van der Waals surface area contributed by atoms with Crippen LogP contribution in [-0.2, 0) is 0 Å². The number of carbonyl (C=O) groups is 2. The van der Waals surface area contributed by atoms with Crippen LogP contribution in [0.25, 0.3) is 0 Å². The van der Waals surface area contributed by atoms with E-state index < -0.39 is 0 Å². The highest BCUT2D eigenvalue weighted by molar-refractivity contribution is 6.42. The van der Waals surface area contributed by atoms with Crippen molar-refractivity contribution in [2.45, 2.75) is 0 Å². The third-order valence-electron chi connectivity index (χ3n) is 4.03. The van der Waals surface area contributed by atoms with Crippen molar-refractivity contribution in [2.24, 2.45) is 0 Å². The van der Waals surface area contributed by atoms with Gasteiger partial charge in [0.1, 0.15) is 0 Å². The maximum absolute atomic E-state index is 12.4. The fourth-order valence-electron chi connectivity index (χ4n) is 2.61. The standard InChI is InChI=1S/C19H14Cl4N2O2/c20-14-3-1-12(7-16(14)22)18(26)9-24-5-6-25(11-24)10-19(27)13-2-4-15(21)17(23)8-13/h1-8H,9-11H2. The van der Waals surface area contributed by atoms with Gasteiger partial charge in [0, 0.05) is 23.5 Å². The van der Waals surface area contributed by atoms with Crippen molar-refractivity contribution in [2.75, 3.05) is 19.8 Å². The van der Waals surface area contributed by atoms with Crippen LogP contribution in [0.4, 0.5) is 0 Å². The Hall–Kier alpha value is -1.72. The molecule has 1 heterocycles. The molecule has 0 unspecified atom stereocenters. The van der Waals surface area contributed by atoms with Crippen LogP contribution in [0.15, 0.2) is 48.8 Å². The Morgan fingerprint density at radius 3 is 1.48 bits per heavy atom. The van der Waals surface area contributed by atoms with Gasteiger partial charge in [-0.1, -0.05) is 46.4 Å². The van der Waals surface area contributed by atoms with Gasteiger partial charge in [0.15, 0.2) is 11.6 Å². The minimum atomic E-state index is -0.0872. The molecule has 2 aromatic rings. The highest BCUT2D eigenvalue weighted by atomic mass is 35.5. The van der Waals surface area contributed by atoms with Gasteiger partial charge in [-0.25, -0.2) is 0 Å². The summed E-state index contributed by atoms with van der Waals surface area (Å²) in [5.74, 6) is -0.174. The van der Waals surface area contributed by atoms with E-state index in [4.69, 9.17) is 46.4 Å². The van der Waals surface area contributed by atoms with Gasteiger partial charge in [0.25, 0.3) is 0 Å². The SMILES string of the molecule is O=C(CN1C=CN(CC(=O)c2ccc(Cl)c(Cl)c2)C1)c1ccc(Cl)c(Cl)c1. The summed E-state index contributed by atoms with van der Waals surface area (Å²) < 4.78 is 0. The van der Waals surface area contributed by atoms with E-state index in [-0.39, 0.29) is 24.7 Å². The molecule has 0 radical (unpaired) electrons. The molecule has 0 saturated heterocycles. The molecule has 0 atom stereocenters. The maximum atomic E-state index is 12.4. The number of nitrogens with zero attached hydrogens (tertiary/aromatic N) is 2. The van der Waals surface area contributed by atoms with Crippen molar-refractivity contribution >= 4 is 58.0 Å². The molecule has 0 amide bonds. The molecule has 8 heteroatoms. The normalized spacial score (nSPS) is 13.3. The molecule has 0 N–H and O–H groups in total. The number of hydrogen-bond acceptors (Lipinski definition) is 4. The fourth-order valence-corrected chi connectivity index (χ4v) is 3.21. The monoisotopic (exact) mass is 442 g/mol. The van der Waals surface area contributed by atoms with Gasteiger partial charge < -0.3 is 9.80 Å². The van der Waals surface area contributed by atoms with Gasteiger partial charge >= 0.3 is 0 Å². The molecule has 0 saturated carbocycles. The maximum Gasteiger partial charge on any atom is 0.182 e. The van der Waals surface area contributed by atoms with E-state index in [1.54, 1.807) is 48.8 Å². The van der Waals surface area contributed by atoms with E-state index in [0.717, 1.165) is 0 Å². The second-order valence-corrected chi connectivity index (χ2v) is 7.67. The topological polar surface area (TPSA) is 40.6 Å². The smallest absolute Gasteiger partial charge is 0.182 e. The Morgan fingerprint density at radius 2 is 1.11 bits per heavy atom. The van der Waals surface area contributed by atoms with Crippen molar-refractivity contribution in [3.63, 3.8) is 0 Å². The first-order valence-corrected chi connectivity index (χ1v) is 9.47. The van der Waals surface area contributed by atoms with Gasteiger partial charge in [-0.15, -0.1) is 0 Å². The van der Waals surface area contributed by atoms with Crippen molar-refractivity contribution in [3.05, 3.63) is 80.0 Å².